The average molecular weight is 386 g/mol. The lowest BCUT2D eigenvalue weighted by molar-refractivity contribution is -0.137. The summed E-state index contributed by atoms with van der Waals surface area (Å²) in [6, 6.07) is 9.00. The Morgan fingerprint density at radius 3 is 2.23 bits per heavy atom. The van der Waals surface area contributed by atoms with E-state index in [0.717, 1.165) is 18.4 Å². The topological polar surface area (TPSA) is 75.3 Å². The molecule has 0 bridgehead atoms. The van der Waals surface area contributed by atoms with Crippen molar-refractivity contribution in [3.05, 3.63) is 64.7 Å². The van der Waals surface area contributed by atoms with Crippen LogP contribution in [0.2, 0.25) is 0 Å². The van der Waals surface area contributed by atoms with Gasteiger partial charge in [-0.15, -0.1) is 0 Å². The van der Waals surface area contributed by atoms with Crippen molar-refractivity contribution in [3.8, 4) is 0 Å². The van der Waals surface area contributed by atoms with Crippen LogP contribution in [0, 0.1) is 6.92 Å². The minimum atomic E-state index is -4.41. The van der Waals surface area contributed by atoms with Crippen LogP contribution in [-0.2, 0) is 22.7 Å². The number of halogens is 3. The summed E-state index contributed by atoms with van der Waals surface area (Å²) in [5.74, 6) is -0.471. The first kappa shape index (κ1) is 19.8. The molecule has 2 rings (SSSR count). The summed E-state index contributed by atoms with van der Waals surface area (Å²) < 4.78 is 62.6. The largest absolute Gasteiger partial charge is 0.416 e. The third-order valence-corrected chi connectivity index (χ3v) is 4.12. The maximum atomic E-state index is 12.5. The second kappa shape index (κ2) is 7.36. The van der Waals surface area contributed by atoms with E-state index in [4.69, 9.17) is 0 Å². The Balaban J connectivity index is 2.07. The average Bonchev–Trinajstić information content (AvgIpc) is 2.53. The molecule has 1 amide bonds. The molecule has 0 unspecified atom stereocenters. The van der Waals surface area contributed by atoms with Gasteiger partial charge in [-0.25, -0.2) is 8.42 Å². The van der Waals surface area contributed by atoms with Gasteiger partial charge >= 0.3 is 6.18 Å². The zero-order valence-electron chi connectivity index (χ0n) is 14.0. The number of alkyl halides is 3. The van der Waals surface area contributed by atoms with Crippen molar-refractivity contribution < 1.29 is 26.4 Å². The van der Waals surface area contributed by atoms with E-state index in [1.165, 1.54) is 24.3 Å². The molecule has 2 aromatic carbocycles. The van der Waals surface area contributed by atoms with Crippen LogP contribution in [0.4, 0.5) is 18.9 Å². The zero-order chi connectivity index (χ0) is 19.5. The Morgan fingerprint density at radius 2 is 1.69 bits per heavy atom. The van der Waals surface area contributed by atoms with Crippen LogP contribution < -0.4 is 10.0 Å². The molecule has 5 nitrogen and oxygen atoms in total. The minimum Gasteiger partial charge on any atom is -0.348 e. The van der Waals surface area contributed by atoms with E-state index in [-0.39, 0.29) is 17.8 Å². The molecule has 0 fully saturated rings. The van der Waals surface area contributed by atoms with Gasteiger partial charge in [0.15, 0.2) is 0 Å². The van der Waals surface area contributed by atoms with E-state index in [1.54, 1.807) is 13.0 Å². The van der Waals surface area contributed by atoms with Crippen molar-refractivity contribution >= 4 is 21.6 Å². The molecule has 0 saturated carbocycles. The predicted octanol–water partition coefficient (Wildman–Crippen LogP) is 3.32. The lowest BCUT2D eigenvalue weighted by Crippen LogP contribution is -2.23. The van der Waals surface area contributed by atoms with Gasteiger partial charge in [0.05, 0.1) is 17.5 Å². The molecule has 0 radical (unpaired) electrons. The highest BCUT2D eigenvalue weighted by Gasteiger charge is 2.29. The number of hydrogen-bond acceptors (Lipinski definition) is 3. The van der Waals surface area contributed by atoms with Gasteiger partial charge in [0.2, 0.25) is 10.0 Å². The normalized spacial score (nSPS) is 11.9. The quantitative estimate of drug-likeness (QED) is 0.828. The molecular formula is C17H17F3N2O3S. The van der Waals surface area contributed by atoms with E-state index in [2.05, 4.69) is 10.0 Å². The van der Waals surface area contributed by atoms with Gasteiger partial charge in [-0.3, -0.25) is 9.52 Å². The Labute approximate surface area is 149 Å². The van der Waals surface area contributed by atoms with Crippen LogP contribution in [0.15, 0.2) is 42.5 Å². The number of nitrogens with one attached hydrogen (secondary N) is 2. The highest BCUT2D eigenvalue weighted by molar-refractivity contribution is 7.92. The van der Waals surface area contributed by atoms with Gasteiger partial charge in [-0.1, -0.05) is 18.2 Å². The fourth-order valence-electron chi connectivity index (χ4n) is 2.17. The summed E-state index contributed by atoms with van der Waals surface area (Å²) in [7, 11) is -3.49. The van der Waals surface area contributed by atoms with Crippen molar-refractivity contribution in [2.45, 2.75) is 19.6 Å². The minimum absolute atomic E-state index is 0.0414. The number of rotatable bonds is 5. The highest BCUT2D eigenvalue weighted by Crippen LogP contribution is 2.29. The van der Waals surface area contributed by atoms with Crippen molar-refractivity contribution in [3.63, 3.8) is 0 Å². The summed E-state index contributed by atoms with van der Waals surface area (Å²) in [5.41, 5.74) is 0.911. The van der Waals surface area contributed by atoms with E-state index < -0.39 is 27.7 Å². The Hall–Kier alpha value is -2.55. The first-order valence-corrected chi connectivity index (χ1v) is 9.37. The fourth-order valence-corrected chi connectivity index (χ4v) is 2.79. The summed E-state index contributed by atoms with van der Waals surface area (Å²) in [6.45, 7) is 1.73. The SMILES string of the molecule is Cc1ccc(C(=O)NCc2ccc(C(F)(F)F)cc2)cc1NS(C)(=O)=O. The van der Waals surface area contributed by atoms with Crippen LogP contribution in [0.5, 0.6) is 0 Å². The van der Waals surface area contributed by atoms with E-state index >= 15 is 0 Å². The monoisotopic (exact) mass is 386 g/mol. The zero-order valence-corrected chi connectivity index (χ0v) is 14.8. The van der Waals surface area contributed by atoms with Crippen molar-refractivity contribution in [1.82, 2.24) is 5.32 Å². The molecule has 9 heteroatoms. The van der Waals surface area contributed by atoms with Crippen LogP contribution in [0.25, 0.3) is 0 Å². The molecule has 26 heavy (non-hydrogen) atoms. The molecule has 2 aromatic rings. The third kappa shape index (κ3) is 5.48. The van der Waals surface area contributed by atoms with Crippen LogP contribution in [0.3, 0.4) is 0 Å². The van der Waals surface area contributed by atoms with Crippen molar-refractivity contribution in [2.75, 3.05) is 11.0 Å². The third-order valence-electron chi connectivity index (χ3n) is 3.53. The first-order valence-electron chi connectivity index (χ1n) is 7.48. The predicted molar refractivity (Wildman–Crippen MR) is 92.3 cm³/mol. The summed E-state index contributed by atoms with van der Waals surface area (Å²) >= 11 is 0. The maximum absolute atomic E-state index is 12.5. The number of carbonyl (C=O) groups is 1. The van der Waals surface area contributed by atoms with Crippen molar-refractivity contribution in [2.24, 2.45) is 0 Å². The molecule has 2 N–H and O–H groups in total. The number of carbonyl (C=O) groups excluding carboxylic acids is 1. The van der Waals surface area contributed by atoms with Gasteiger partial charge in [0.25, 0.3) is 5.91 Å². The van der Waals surface area contributed by atoms with Gasteiger partial charge < -0.3 is 5.32 Å². The van der Waals surface area contributed by atoms with E-state index in [0.29, 0.717) is 11.1 Å². The molecule has 0 aliphatic carbocycles. The molecule has 0 aliphatic heterocycles. The first-order chi connectivity index (χ1) is 12.0. The lowest BCUT2D eigenvalue weighted by atomic mass is 10.1. The molecule has 0 spiro atoms. The van der Waals surface area contributed by atoms with Gasteiger partial charge in [0.1, 0.15) is 0 Å². The van der Waals surface area contributed by atoms with Crippen LogP contribution in [0.1, 0.15) is 27.0 Å². The van der Waals surface area contributed by atoms with Crippen LogP contribution in [-0.4, -0.2) is 20.6 Å². The number of anilines is 1. The van der Waals surface area contributed by atoms with Crippen LogP contribution >= 0.6 is 0 Å². The Morgan fingerprint density at radius 1 is 1.08 bits per heavy atom. The second-order valence-corrected chi connectivity index (χ2v) is 7.53. The number of sulfonamides is 1. The number of benzene rings is 2. The smallest absolute Gasteiger partial charge is 0.348 e. The summed E-state index contributed by atoms with van der Waals surface area (Å²) in [5, 5.41) is 2.59. The molecule has 140 valence electrons. The van der Waals surface area contributed by atoms with E-state index in [1.807, 2.05) is 0 Å². The van der Waals surface area contributed by atoms with E-state index in [9.17, 15) is 26.4 Å². The molecule has 0 aliphatic rings. The number of aryl methyl sites for hydroxylation is 1. The van der Waals surface area contributed by atoms with Gasteiger partial charge in [0, 0.05) is 12.1 Å². The number of amides is 1. The van der Waals surface area contributed by atoms with Crippen molar-refractivity contribution in [1.29, 1.82) is 0 Å². The standard InChI is InChI=1S/C17H17F3N2O3S/c1-11-3-6-13(9-15(11)22-26(2,24)25)16(23)21-10-12-4-7-14(8-5-12)17(18,19)20/h3-9,22H,10H2,1-2H3,(H,21,23). The summed E-state index contributed by atoms with van der Waals surface area (Å²) in [4.78, 5) is 12.2. The Bertz CT molecular complexity index is 908. The van der Waals surface area contributed by atoms with Gasteiger partial charge in [-0.05, 0) is 42.3 Å². The number of hydrogen-bond donors (Lipinski definition) is 2. The molecule has 0 heterocycles. The molecule has 0 atom stereocenters. The maximum Gasteiger partial charge on any atom is 0.416 e. The molecular weight excluding hydrogens is 369 g/mol. The molecule has 0 aromatic heterocycles. The summed E-state index contributed by atoms with van der Waals surface area (Å²) in [6.07, 6.45) is -3.41. The second-order valence-electron chi connectivity index (χ2n) is 5.78. The highest BCUT2D eigenvalue weighted by atomic mass is 32.2. The van der Waals surface area contributed by atoms with Gasteiger partial charge in [-0.2, -0.15) is 13.2 Å². The Kier molecular flexibility index (Phi) is 5.60. The fraction of sp³-hybridized carbons (Fsp3) is 0.235. The molecule has 0 saturated heterocycles. The lowest BCUT2D eigenvalue weighted by Gasteiger charge is -2.11.